The molecule has 0 aromatic carbocycles. The van der Waals surface area contributed by atoms with E-state index in [4.69, 9.17) is 0 Å². The summed E-state index contributed by atoms with van der Waals surface area (Å²) in [5.41, 5.74) is 1.11. The molecule has 1 unspecified atom stereocenters. The Morgan fingerprint density at radius 3 is 2.31 bits per heavy atom. The van der Waals surface area contributed by atoms with E-state index < -0.39 is 0 Å². The van der Waals surface area contributed by atoms with Gasteiger partial charge in [-0.15, -0.1) is 6.58 Å². The van der Waals surface area contributed by atoms with E-state index in [9.17, 15) is 5.11 Å². The van der Waals surface area contributed by atoms with Crippen LogP contribution in [-0.4, -0.2) is 11.2 Å². The number of hydrogen-bond donors (Lipinski definition) is 1. The van der Waals surface area contributed by atoms with Gasteiger partial charge in [-0.25, -0.2) is 0 Å². The van der Waals surface area contributed by atoms with Crippen molar-refractivity contribution in [3.8, 4) is 0 Å². The summed E-state index contributed by atoms with van der Waals surface area (Å²) in [6.07, 6.45) is 8.42. The van der Waals surface area contributed by atoms with E-state index in [1.807, 2.05) is 6.92 Å². The highest BCUT2D eigenvalue weighted by atomic mass is 16.3. The minimum atomic E-state index is -0.129. The molecular formula is C12H22O. The SMILES string of the molecule is C=C(C)CC(O)C1CCCCCC1. The Hall–Kier alpha value is -0.300. The first-order valence-electron chi connectivity index (χ1n) is 5.52. The second-order valence-corrected chi connectivity index (χ2v) is 4.48. The average Bonchev–Trinajstić information content (AvgIpc) is 2.29. The molecule has 0 radical (unpaired) electrons. The van der Waals surface area contributed by atoms with Crippen LogP contribution in [0.1, 0.15) is 51.9 Å². The largest absolute Gasteiger partial charge is 0.393 e. The van der Waals surface area contributed by atoms with Gasteiger partial charge in [0.1, 0.15) is 0 Å². The first kappa shape index (κ1) is 10.8. The molecule has 13 heavy (non-hydrogen) atoms. The molecule has 1 atom stereocenters. The van der Waals surface area contributed by atoms with Crippen molar-refractivity contribution in [2.75, 3.05) is 0 Å². The summed E-state index contributed by atoms with van der Waals surface area (Å²) >= 11 is 0. The highest BCUT2D eigenvalue weighted by molar-refractivity contribution is 4.92. The van der Waals surface area contributed by atoms with Crippen LogP contribution >= 0.6 is 0 Å². The predicted octanol–water partition coefficient (Wildman–Crippen LogP) is 3.28. The molecule has 0 aromatic heterocycles. The van der Waals surface area contributed by atoms with E-state index in [2.05, 4.69) is 6.58 Å². The average molecular weight is 182 g/mol. The van der Waals surface area contributed by atoms with Gasteiger partial charge in [0.05, 0.1) is 6.10 Å². The Morgan fingerprint density at radius 2 is 1.85 bits per heavy atom. The molecule has 76 valence electrons. The van der Waals surface area contributed by atoms with Gasteiger partial charge in [-0.3, -0.25) is 0 Å². The molecule has 1 aliphatic carbocycles. The van der Waals surface area contributed by atoms with Crippen molar-refractivity contribution in [1.29, 1.82) is 0 Å². The lowest BCUT2D eigenvalue weighted by Gasteiger charge is -2.21. The van der Waals surface area contributed by atoms with Gasteiger partial charge in [-0.1, -0.05) is 31.3 Å². The fourth-order valence-electron chi connectivity index (χ4n) is 2.22. The number of aliphatic hydroxyl groups is 1. The maximum absolute atomic E-state index is 9.91. The standard InChI is InChI=1S/C12H22O/c1-10(2)9-12(13)11-7-5-3-4-6-8-11/h11-13H,1,3-9H2,2H3. The minimum Gasteiger partial charge on any atom is -0.393 e. The maximum atomic E-state index is 9.91. The third-order valence-electron chi connectivity index (χ3n) is 3.00. The van der Waals surface area contributed by atoms with Gasteiger partial charge in [0.15, 0.2) is 0 Å². The molecule has 1 saturated carbocycles. The highest BCUT2D eigenvalue weighted by Crippen LogP contribution is 2.27. The topological polar surface area (TPSA) is 20.2 Å². The number of rotatable bonds is 3. The zero-order valence-electron chi connectivity index (χ0n) is 8.76. The quantitative estimate of drug-likeness (QED) is 0.524. The van der Waals surface area contributed by atoms with E-state index in [1.54, 1.807) is 0 Å². The van der Waals surface area contributed by atoms with Crippen LogP contribution in [0.5, 0.6) is 0 Å². The Kier molecular flexibility index (Phi) is 4.51. The van der Waals surface area contributed by atoms with Crippen molar-refractivity contribution in [3.05, 3.63) is 12.2 Å². The first-order chi connectivity index (χ1) is 6.20. The number of aliphatic hydroxyl groups excluding tert-OH is 1. The summed E-state index contributed by atoms with van der Waals surface area (Å²) in [5, 5.41) is 9.91. The van der Waals surface area contributed by atoms with Crippen LogP contribution in [-0.2, 0) is 0 Å². The van der Waals surface area contributed by atoms with Gasteiger partial charge in [0, 0.05) is 0 Å². The molecule has 1 rings (SSSR count). The van der Waals surface area contributed by atoms with Crippen LogP contribution in [0.2, 0.25) is 0 Å². The molecule has 0 saturated heterocycles. The van der Waals surface area contributed by atoms with Crippen molar-refractivity contribution in [3.63, 3.8) is 0 Å². The molecule has 0 heterocycles. The molecule has 1 N–H and O–H groups in total. The zero-order chi connectivity index (χ0) is 9.68. The summed E-state index contributed by atoms with van der Waals surface area (Å²) in [5.74, 6) is 0.541. The molecule has 0 bridgehead atoms. The molecule has 0 amide bonds. The molecule has 1 heteroatoms. The number of hydrogen-bond acceptors (Lipinski definition) is 1. The fraction of sp³-hybridized carbons (Fsp3) is 0.833. The van der Waals surface area contributed by atoms with Crippen molar-refractivity contribution < 1.29 is 5.11 Å². The predicted molar refractivity (Wildman–Crippen MR) is 56.6 cm³/mol. The van der Waals surface area contributed by atoms with E-state index >= 15 is 0 Å². The lowest BCUT2D eigenvalue weighted by molar-refractivity contribution is 0.0987. The summed E-state index contributed by atoms with van der Waals surface area (Å²) in [7, 11) is 0. The molecule has 1 fully saturated rings. The van der Waals surface area contributed by atoms with E-state index in [0.29, 0.717) is 5.92 Å². The Bertz CT molecular complexity index is 155. The zero-order valence-corrected chi connectivity index (χ0v) is 8.76. The Morgan fingerprint density at radius 1 is 1.31 bits per heavy atom. The van der Waals surface area contributed by atoms with Crippen LogP contribution in [0.15, 0.2) is 12.2 Å². The molecule has 0 spiro atoms. The van der Waals surface area contributed by atoms with E-state index in [0.717, 1.165) is 12.0 Å². The van der Waals surface area contributed by atoms with Crippen LogP contribution < -0.4 is 0 Å². The van der Waals surface area contributed by atoms with Crippen molar-refractivity contribution in [2.24, 2.45) is 5.92 Å². The third-order valence-corrected chi connectivity index (χ3v) is 3.00. The Balaban J connectivity index is 2.34. The molecular weight excluding hydrogens is 160 g/mol. The monoisotopic (exact) mass is 182 g/mol. The molecule has 0 aliphatic heterocycles. The van der Waals surface area contributed by atoms with Gasteiger partial charge in [-0.05, 0) is 32.1 Å². The van der Waals surface area contributed by atoms with Crippen molar-refractivity contribution in [1.82, 2.24) is 0 Å². The molecule has 1 nitrogen and oxygen atoms in total. The van der Waals surface area contributed by atoms with E-state index in [1.165, 1.54) is 38.5 Å². The second kappa shape index (κ2) is 5.43. The summed E-state index contributed by atoms with van der Waals surface area (Å²) in [4.78, 5) is 0. The molecule has 1 aliphatic rings. The van der Waals surface area contributed by atoms with Crippen molar-refractivity contribution in [2.45, 2.75) is 58.0 Å². The van der Waals surface area contributed by atoms with Gasteiger partial charge in [0.25, 0.3) is 0 Å². The van der Waals surface area contributed by atoms with Gasteiger partial charge in [-0.2, -0.15) is 0 Å². The first-order valence-corrected chi connectivity index (χ1v) is 5.52. The van der Waals surface area contributed by atoms with Gasteiger partial charge < -0.3 is 5.11 Å². The van der Waals surface area contributed by atoms with Crippen LogP contribution in [0.3, 0.4) is 0 Å². The lowest BCUT2D eigenvalue weighted by atomic mass is 9.90. The van der Waals surface area contributed by atoms with Crippen molar-refractivity contribution >= 4 is 0 Å². The van der Waals surface area contributed by atoms with Crippen LogP contribution in [0.25, 0.3) is 0 Å². The minimum absolute atomic E-state index is 0.129. The normalized spacial score (nSPS) is 22.3. The third kappa shape index (κ3) is 3.95. The maximum Gasteiger partial charge on any atom is 0.0605 e. The van der Waals surface area contributed by atoms with Gasteiger partial charge >= 0.3 is 0 Å². The lowest BCUT2D eigenvalue weighted by Crippen LogP contribution is -2.19. The van der Waals surface area contributed by atoms with Gasteiger partial charge in [0.2, 0.25) is 0 Å². The summed E-state index contributed by atoms with van der Waals surface area (Å²) in [6.45, 7) is 5.85. The van der Waals surface area contributed by atoms with Crippen LogP contribution in [0, 0.1) is 5.92 Å². The highest BCUT2D eigenvalue weighted by Gasteiger charge is 2.20. The Labute approximate surface area is 81.9 Å². The van der Waals surface area contributed by atoms with E-state index in [-0.39, 0.29) is 6.10 Å². The van der Waals surface area contributed by atoms with Crippen LogP contribution in [0.4, 0.5) is 0 Å². The smallest absolute Gasteiger partial charge is 0.0605 e. The summed E-state index contributed by atoms with van der Waals surface area (Å²) in [6, 6.07) is 0. The molecule has 0 aromatic rings. The fourth-order valence-corrected chi connectivity index (χ4v) is 2.22. The summed E-state index contributed by atoms with van der Waals surface area (Å²) < 4.78 is 0. The second-order valence-electron chi connectivity index (χ2n) is 4.48.